The van der Waals surface area contributed by atoms with Gasteiger partial charge in [-0.05, 0) is 59.8 Å². The lowest BCUT2D eigenvalue weighted by Gasteiger charge is -2.15. The second kappa shape index (κ2) is 8.15. The highest BCUT2D eigenvalue weighted by Gasteiger charge is 2.34. The van der Waals surface area contributed by atoms with Crippen LogP contribution in [0.1, 0.15) is 5.56 Å². The minimum Gasteiger partial charge on any atom is -0.497 e. The van der Waals surface area contributed by atoms with Gasteiger partial charge in [-0.25, -0.2) is 4.99 Å². The number of aliphatic imine (C=N–C) groups is 1. The van der Waals surface area contributed by atoms with Crippen LogP contribution in [0.3, 0.4) is 0 Å². The summed E-state index contributed by atoms with van der Waals surface area (Å²) in [6, 6.07) is 26.9. The first-order chi connectivity index (χ1) is 13.7. The molecule has 0 aliphatic carbocycles. The minimum atomic E-state index is -0.0818. The number of ether oxygens (including phenoxy) is 1. The van der Waals surface area contributed by atoms with Crippen LogP contribution in [0.25, 0.3) is 6.08 Å². The number of hydrogen-bond acceptors (Lipinski definition) is 4. The molecular weight excluding hydrogens is 368 g/mol. The molecule has 1 aliphatic rings. The number of rotatable bonds is 4. The molecule has 5 heteroatoms. The highest BCUT2D eigenvalue weighted by molar-refractivity contribution is 8.19. The average molecular weight is 386 g/mol. The second-order valence-corrected chi connectivity index (χ2v) is 7.10. The van der Waals surface area contributed by atoms with Crippen LogP contribution >= 0.6 is 11.8 Å². The standard InChI is InChI=1S/C23H18N2O2S/c1-27-20-14-12-17(13-15-20)16-21-22(26)25(19-10-6-3-7-11-19)23(28-21)24-18-8-4-2-5-9-18/h2-16H,1H3. The van der Waals surface area contributed by atoms with Crippen LogP contribution in [0.5, 0.6) is 5.75 Å². The van der Waals surface area contributed by atoms with E-state index in [1.54, 1.807) is 12.0 Å². The Hall–Kier alpha value is -3.31. The van der Waals surface area contributed by atoms with E-state index < -0.39 is 0 Å². The molecule has 0 aromatic heterocycles. The summed E-state index contributed by atoms with van der Waals surface area (Å²) in [4.78, 5) is 20.2. The van der Waals surface area contributed by atoms with E-state index in [0.717, 1.165) is 22.7 Å². The van der Waals surface area contributed by atoms with Gasteiger partial charge in [0.05, 0.1) is 23.4 Å². The molecule has 1 amide bonds. The third-order valence-electron chi connectivity index (χ3n) is 4.22. The fourth-order valence-electron chi connectivity index (χ4n) is 2.82. The lowest BCUT2D eigenvalue weighted by Crippen LogP contribution is -2.28. The van der Waals surface area contributed by atoms with Crippen molar-refractivity contribution in [1.29, 1.82) is 0 Å². The number of nitrogens with zero attached hydrogens (tertiary/aromatic N) is 2. The Bertz CT molecular complexity index is 1030. The zero-order valence-corrected chi connectivity index (χ0v) is 16.1. The Morgan fingerprint density at radius 3 is 2.18 bits per heavy atom. The van der Waals surface area contributed by atoms with Crippen LogP contribution in [-0.2, 0) is 4.79 Å². The lowest BCUT2D eigenvalue weighted by molar-refractivity contribution is -0.113. The first kappa shape index (κ1) is 18.1. The largest absolute Gasteiger partial charge is 0.497 e. The molecule has 0 radical (unpaired) electrons. The predicted octanol–water partition coefficient (Wildman–Crippen LogP) is 5.50. The molecular formula is C23H18N2O2S. The molecule has 28 heavy (non-hydrogen) atoms. The molecule has 3 aromatic rings. The average Bonchev–Trinajstić information content (AvgIpc) is 3.04. The quantitative estimate of drug-likeness (QED) is 0.556. The summed E-state index contributed by atoms with van der Waals surface area (Å²) >= 11 is 1.38. The smallest absolute Gasteiger partial charge is 0.271 e. The summed E-state index contributed by atoms with van der Waals surface area (Å²) in [5.74, 6) is 0.700. The Labute approximate surface area is 168 Å². The first-order valence-corrected chi connectivity index (χ1v) is 9.63. The third kappa shape index (κ3) is 3.85. The van der Waals surface area contributed by atoms with Crippen molar-refractivity contribution in [3.05, 3.63) is 95.4 Å². The number of benzene rings is 3. The molecule has 0 saturated carbocycles. The van der Waals surface area contributed by atoms with Gasteiger partial charge in [-0.15, -0.1) is 0 Å². The van der Waals surface area contributed by atoms with Crippen molar-refractivity contribution in [3.8, 4) is 5.75 Å². The minimum absolute atomic E-state index is 0.0818. The Kier molecular flexibility index (Phi) is 5.26. The van der Waals surface area contributed by atoms with Crippen LogP contribution in [0.2, 0.25) is 0 Å². The maximum atomic E-state index is 13.2. The summed E-state index contributed by atoms with van der Waals surface area (Å²) in [5.41, 5.74) is 2.54. The van der Waals surface area contributed by atoms with E-state index in [2.05, 4.69) is 0 Å². The molecule has 3 aromatic carbocycles. The monoisotopic (exact) mass is 386 g/mol. The summed E-state index contributed by atoms with van der Waals surface area (Å²) in [6.45, 7) is 0. The Morgan fingerprint density at radius 1 is 0.893 bits per heavy atom. The highest BCUT2D eigenvalue weighted by atomic mass is 32.2. The van der Waals surface area contributed by atoms with Crippen LogP contribution in [0.4, 0.5) is 11.4 Å². The lowest BCUT2D eigenvalue weighted by atomic mass is 10.2. The Morgan fingerprint density at radius 2 is 1.54 bits per heavy atom. The van der Waals surface area contributed by atoms with Gasteiger partial charge in [0.1, 0.15) is 5.75 Å². The predicted molar refractivity (Wildman–Crippen MR) is 116 cm³/mol. The zero-order chi connectivity index (χ0) is 19.3. The molecule has 138 valence electrons. The number of hydrogen-bond donors (Lipinski definition) is 0. The molecule has 1 fully saturated rings. The van der Waals surface area contributed by atoms with E-state index in [1.807, 2.05) is 91.0 Å². The van der Waals surface area contributed by atoms with Crippen molar-refractivity contribution in [1.82, 2.24) is 0 Å². The summed E-state index contributed by atoms with van der Waals surface area (Å²) < 4.78 is 5.20. The van der Waals surface area contributed by atoms with Gasteiger partial charge >= 0.3 is 0 Å². The van der Waals surface area contributed by atoms with E-state index >= 15 is 0 Å². The fourth-order valence-corrected chi connectivity index (χ4v) is 3.82. The summed E-state index contributed by atoms with van der Waals surface area (Å²) in [7, 11) is 1.63. The van der Waals surface area contributed by atoms with Crippen molar-refractivity contribution in [2.45, 2.75) is 0 Å². The van der Waals surface area contributed by atoms with Gasteiger partial charge in [0.15, 0.2) is 5.17 Å². The van der Waals surface area contributed by atoms with Crippen LogP contribution in [0, 0.1) is 0 Å². The fraction of sp³-hybridized carbons (Fsp3) is 0.0435. The summed E-state index contributed by atoms with van der Waals surface area (Å²) in [6.07, 6.45) is 1.88. The third-order valence-corrected chi connectivity index (χ3v) is 5.18. The number of amidine groups is 1. The molecule has 1 aliphatic heterocycles. The number of carbonyl (C=O) groups is 1. The molecule has 0 N–H and O–H groups in total. The topological polar surface area (TPSA) is 41.9 Å². The van der Waals surface area contributed by atoms with E-state index in [4.69, 9.17) is 9.73 Å². The molecule has 1 saturated heterocycles. The molecule has 4 rings (SSSR count). The van der Waals surface area contributed by atoms with E-state index in [-0.39, 0.29) is 5.91 Å². The zero-order valence-electron chi connectivity index (χ0n) is 15.3. The van der Waals surface area contributed by atoms with Crippen molar-refractivity contribution in [3.63, 3.8) is 0 Å². The number of carbonyl (C=O) groups excluding carboxylic acids is 1. The molecule has 0 spiro atoms. The van der Waals surface area contributed by atoms with Crippen molar-refractivity contribution >= 4 is 40.3 Å². The van der Waals surface area contributed by atoms with Crippen LogP contribution in [-0.4, -0.2) is 18.2 Å². The maximum Gasteiger partial charge on any atom is 0.271 e. The van der Waals surface area contributed by atoms with Gasteiger partial charge < -0.3 is 4.74 Å². The first-order valence-electron chi connectivity index (χ1n) is 8.81. The highest BCUT2D eigenvalue weighted by Crippen LogP contribution is 2.37. The molecule has 0 unspecified atom stereocenters. The number of anilines is 1. The van der Waals surface area contributed by atoms with Crippen molar-refractivity contribution in [2.75, 3.05) is 12.0 Å². The second-order valence-electron chi connectivity index (χ2n) is 6.09. The SMILES string of the molecule is COc1ccc(C=C2SC(=Nc3ccccc3)N(c3ccccc3)C2=O)cc1. The summed E-state index contributed by atoms with van der Waals surface area (Å²) in [5, 5.41) is 0.641. The van der Waals surface area contributed by atoms with Crippen molar-refractivity contribution in [2.24, 2.45) is 4.99 Å². The Balaban J connectivity index is 1.73. The molecule has 0 bridgehead atoms. The van der Waals surface area contributed by atoms with E-state index in [9.17, 15) is 4.79 Å². The van der Waals surface area contributed by atoms with Gasteiger partial charge in [-0.2, -0.15) is 0 Å². The number of para-hydroxylation sites is 2. The van der Waals surface area contributed by atoms with Gasteiger partial charge in [-0.3, -0.25) is 9.69 Å². The van der Waals surface area contributed by atoms with Gasteiger partial charge in [0.2, 0.25) is 0 Å². The number of methoxy groups -OCH3 is 1. The van der Waals surface area contributed by atoms with E-state index in [1.165, 1.54) is 11.8 Å². The van der Waals surface area contributed by atoms with Crippen LogP contribution < -0.4 is 9.64 Å². The maximum absolute atomic E-state index is 13.2. The molecule has 4 nitrogen and oxygen atoms in total. The van der Waals surface area contributed by atoms with E-state index in [0.29, 0.717) is 10.1 Å². The van der Waals surface area contributed by atoms with Gasteiger partial charge in [0.25, 0.3) is 5.91 Å². The van der Waals surface area contributed by atoms with Gasteiger partial charge in [0, 0.05) is 0 Å². The van der Waals surface area contributed by atoms with Crippen molar-refractivity contribution < 1.29 is 9.53 Å². The number of amides is 1. The molecule has 1 heterocycles. The molecule has 0 atom stereocenters. The van der Waals surface area contributed by atoms with Gasteiger partial charge in [-0.1, -0.05) is 48.5 Å². The number of thioether (sulfide) groups is 1. The normalized spacial score (nSPS) is 16.8. The van der Waals surface area contributed by atoms with Crippen LogP contribution in [0.15, 0.2) is 94.8 Å².